The molecule has 2 rings (SSSR count). The summed E-state index contributed by atoms with van der Waals surface area (Å²) in [4.78, 5) is 25.8. The number of nitrogens with one attached hydrogen (secondary N) is 2. The van der Waals surface area contributed by atoms with E-state index in [1.807, 2.05) is 0 Å². The molecule has 0 spiro atoms. The molecule has 66 valence electrons. The van der Waals surface area contributed by atoms with Gasteiger partial charge in [0, 0.05) is 12.4 Å². The SMILES string of the molecule is O=C1NC(=O)C(c2ccncc2)N1. The molecule has 0 radical (unpaired) electrons. The van der Waals surface area contributed by atoms with Crippen LogP contribution in [0, 0.1) is 0 Å². The van der Waals surface area contributed by atoms with Crippen molar-refractivity contribution in [2.45, 2.75) is 6.04 Å². The van der Waals surface area contributed by atoms with Crippen LogP contribution in [0.1, 0.15) is 11.6 Å². The van der Waals surface area contributed by atoms with Crippen LogP contribution in [0.25, 0.3) is 0 Å². The monoisotopic (exact) mass is 177 g/mol. The van der Waals surface area contributed by atoms with Crippen LogP contribution in [-0.4, -0.2) is 16.9 Å². The van der Waals surface area contributed by atoms with Gasteiger partial charge in [-0.05, 0) is 17.7 Å². The molecule has 1 unspecified atom stereocenters. The van der Waals surface area contributed by atoms with Crippen molar-refractivity contribution in [3.63, 3.8) is 0 Å². The molecule has 1 fully saturated rings. The first kappa shape index (κ1) is 7.72. The number of nitrogens with zero attached hydrogens (tertiary/aromatic N) is 1. The molecule has 1 aromatic rings. The summed E-state index contributed by atoms with van der Waals surface area (Å²) in [5, 5.41) is 4.65. The average Bonchev–Trinajstić information content (AvgIpc) is 2.47. The Morgan fingerprint density at radius 2 is 1.92 bits per heavy atom. The molecule has 1 aliphatic heterocycles. The lowest BCUT2D eigenvalue weighted by Crippen LogP contribution is -2.22. The van der Waals surface area contributed by atoms with Crippen LogP contribution < -0.4 is 10.6 Å². The van der Waals surface area contributed by atoms with Gasteiger partial charge in [0.25, 0.3) is 5.91 Å². The number of carbonyl (C=O) groups excluding carboxylic acids is 2. The van der Waals surface area contributed by atoms with E-state index in [1.165, 1.54) is 0 Å². The van der Waals surface area contributed by atoms with Crippen molar-refractivity contribution in [3.05, 3.63) is 30.1 Å². The van der Waals surface area contributed by atoms with Crippen LogP contribution in [0.2, 0.25) is 0 Å². The van der Waals surface area contributed by atoms with E-state index < -0.39 is 12.1 Å². The summed E-state index contributed by atoms with van der Waals surface area (Å²) in [6.45, 7) is 0. The molecule has 1 aromatic heterocycles. The molecule has 1 aliphatic rings. The Kier molecular flexibility index (Phi) is 1.70. The maximum absolute atomic E-state index is 11.2. The molecular formula is C8H7N3O2. The number of carbonyl (C=O) groups is 2. The Bertz CT molecular complexity index is 350. The van der Waals surface area contributed by atoms with Gasteiger partial charge in [-0.25, -0.2) is 4.79 Å². The van der Waals surface area contributed by atoms with E-state index in [0.29, 0.717) is 0 Å². The number of hydrogen-bond donors (Lipinski definition) is 2. The molecule has 2 N–H and O–H groups in total. The average molecular weight is 177 g/mol. The fraction of sp³-hybridized carbons (Fsp3) is 0.125. The molecule has 13 heavy (non-hydrogen) atoms. The Balaban J connectivity index is 2.28. The summed E-state index contributed by atoms with van der Waals surface area (Å²) in [6.07, 6.45) is 3.15. The van der Waals surface area contributed by atoms with Crippen molar-refractivity contribution in [1.82, 2.24) is 15.6 Å². The van der Waals surface area contributed by atoms with Crippen molar-refractivity contribution in [2.24, 2.45) is 0 Å². The summed E-state index contributed by atoms with van der Waals surface area (Å²) in [5.41, 5.74) is 0.735. The minimum Gasteiger partial charge on any atom is -0.322 e. The fourth-order valence-electron chi connectivity index (χ4n) is 1.21. The predicted molar refractivity (Wildman–Crippen MR) is 43.7 cm³/mol. The first-order valence-corrected chi connectivity index (χ1v) is 3.78. The van der Waals surface area contributed by atoms with Crippen molar-refractivity contribution in [3.8, 4) is 0 Å². The van der Waals surface area contributed by atoms with Crippen molar-refractivity contribution >= 4 is 11.9 Å². The molecular weight excluding hydrogens is 170 g/mol. The molecule has 0 aliphatic carbocycles. The number of pyridine rings is 1. The molecule has 0 saturated carbocycles. The van der Waals surface area contributed by atoms with Crippen LogP contribution in [-0.2, 0) is 4.79 Å². The van der Waals surface area contributed by atoms with Gasteiger partial charge in [0.2, 0.25) is 0 Å². The van der Waals surface area contributed by atoms with Crippen molar-refractivity contribution in [2.75, 3.05) is 0 Å². The van der Waals surface area contributed by atoms with Gasteiger partial charge in [0.15, 0.2) is 0 Å². The maximum Gasteiger partial charge on any atom is 0.322 e. The van der Waals surface area contributed by atoms with Crippen molar-refractivity contribution in [1.29, 1.82) is 0 Å². The third-order valence-corrected chi connectivity index (χ3v) is 1.81. The third kappa shape index (κ3) is 1.35. The van der Waals surface area contributed by atoms with Gasteiger partial charge < -0.3 is 5.32 Å². The molecule has 0 aromatic carbocycles. The number of aromatic nitrogens is 1. The van der Waals surface area contributed by atoms with Gasteiger partial charge in [-0.1, -0.05) is 0 Å². The van der Waals surface area contributed by atoms with E-state index in [0.717, 1.165) is 5.56 Å². The van der Waals surface area contributed by atoms with E-state index in [4.69, 9.17) is 0 Å². The quantitative estimate of drug-likeness (QED) is 0.591. The summed E-state index contributed by atoms with van der Waals surface area (Å²) >= 11 is 0. The van der Waals surface area contributed by atoms with Gasteiger partial charge in [-0.15, -0.1) is 0 Å². The van der Waals surface area contributed by atoms with Crippen LogP contribution in [0.5, 0.6) is 0 Å². The minimum absolute atomic E-state index is 0.323. The molecule has 2 heterocycles. The highest BCUT2D eigenvalue weighted by Gasteiger charge is 2.30. The zero-order chi connectivity index (χ0) is 9.26. The highest BCUT2D eigenvalue weighted by Crippen LogP contribution is 2.14. The predicted octanol–water partition coefficient (Wildman–Crippen LogP) is -0.0379. The largest absolute Gasteiger partial charge is 0.322 e. The lowest BCUT2D eigenvalue weighted by atomic mass is 10.1. The third-order valence-electron chi connectivity index (χ3n) is 1.81. The molecule has 5 nitrogen and oxygen atoms in total. The van der Waals surface area contributed by atoms with Crippen LogP contribution in [0.3, 0.4) is 0 Å². The molecule has 3 amide bonds. The van der Waals surface area contributed by atoms with E-state index in [-0.39, 0.29) is 5.91 Å². The van der Waals surface area contributed by atoms with Gasteiger partial charge in [0.1, 0.15) is 6.04 Å². The Hall–Kier alpha value is -1.91. The first-order valence-electron chi connectivity index (χ1n) is 3.78. The maximum atomic E-state index is 11.2. The number of imide groups is 1. The van der Waals surface area contributed by atoms with Gasteiger partial charge in [-0.2, -0.15) is 0 Å². The molecule has 5 heteroatoms. The normalized spacial score (nSPS) is 21.1. The summed E-state index contributed by atoms with van der Waals surface area (Å²) < 4.78 is 0. The summed E-state index contributed by atoms with van der Waals surface area (Å²) in [7, 11) is 0. The van der Waals surface area contributed by atoms with E-state index in [2.05, 4.69) is 15.6 Å². The van der Waals surface area contributed by atoms with E-state index in [1.54, 1.807) is 24.5 Å². The Morgan fingerprint density at radius 1 is 1.23 bits per heavy atom. The smallest absolute Gasteiger partial charge is 0.322 e. The van der Waals surface area contributed by atoms with Crippen LogP contribution in [0.4, 0.5) is 4.79 Å². The standard InChI is InChI=1S/C8H7N3O2/c12-7-6(10-8(13)11-7)5-1-3-9-4-2-5/h1-4,6H,(H2,10,11,12,13). The topological polar surface area (TPSA) is 71.1 Å². The fourth-order valence-corrected chi connectivity index (χ4v) is 1.21. The number of rotatable bonds is 1. The van der Waals surface area contributed by atoms with Gasteiger partial charge >= 0.3 is 6.03 Å². The highest BCUT2D eigenvalue weighted by atomic mass is 16.2. The zero-order valence-corrected chi connectivity index (χ0v) is 6.65. The first-order chi connectivity index (χ1) is 6.27. The lowest BCUT2D eigenvalue weighted by Gasteiger charge is -2.05. The number of hydrogen-bond acceptors (Lipinski definition) is 3. The highest BCUT2D eigenvalue weighted by molar-refractivity contribution is 6.04. The second kappa shape index (κ2) is 2.85. The number of urea groups is 1. The Labute approximate surface area is 74.2 Å². The lowest BCUT2D eigenvalue weighted by molar-refractivity contribution is -0.120. The number of amides is 3. The molecule has 0 bridgehead atoms. The zero-order valence-electron chi connectivity index (χ0n) is 6.65. The minimum atomic E-state index is -0.574. The summed E-state index contributed by atoms with van der Waals surface area (Å²) in [5.74, 6) is -0.323. The van der Waals surface area contributed by atoms with Gasteiger partial charge in [0.05, 0.1) is 0 Å². The molecule has 1 saturated heterocycles. The van der Waals surface area contributed by atoms with E-state index in [9.17, 15) is 9.59 Å². The Morgan fingerprint density at radius 3 is 2.46 bits per heavy atom. The molecule has 1 atom stereocenters. The second-order valence-corrected chi connectivity index (χ2v) is 2.68. The van der Waals surface area contributed by atoms with Gasteiger partial charge in [-0.3, -0.25) is 15.1 Å². The van der Waals surface area contributed by atoms with Crippen LogP contribution >= 0.6 is 0 Å². The summed E-state index contributed by atoms with van der Waals surface area (Å²) in [6, 6.07) is 2.36. The van der Waals surface area contributed by atoms with E-state index >= 15 is 0 Å². The van der Waals surface area contributed by atoms with Crippen molar-refractivity contribution < 1.29 is 9.59 Å². The van der Waals surface area contributed by atoms with Crippen LogP contribution in [0.15, 0.2) is 24.5 Å². The second-order valence-electron chi connectivity index (χ2n) is 2.68.